The zero-order valence-electron chi connectivity index (χ0n) is 12.4. The first-order valence-corrected chi connectivity index (χ1v) is 8.04. The minimum Gasteiger partial charge on any atom is -0.388 e. The van der Waals surface area contributed by atoms with Crippen molar-refractivity contribution in [3.63, 3.8) is 0 Å². The predicted octanol–water partition coefficient (Wildman–Crippen LogP) is 5.39. The molecule has 0 saturated heterocycles. The lowest BCUT2D eigenvalue weighted by molar-refractivity contribution is 0.178. The van der Waals surface area contributed by atoms with E-state index in [9.17, 15) is 5.11 Å². The van der Waals surface area contributed by atoms with Crippen LogP contribution < -0.4 is 0 Å². The molecule has 0 bridgehead atoms. The zero-order valence-corrected chi connectivity index (χ0v) is 13.9. The van der Waals surface area contributed by atoms with E-state index in [1.165, 1.54) is 5.56 Å². The molecule has 2 aromatic carbocycles. The largest absolute Gasteiger partial charge is 0.388 e. The van der Waals surface area contributed by atoms with Crippen LogP contribution in [0.5, 0.6) is 0 Å². The molecule has 3 heteroatoms. The van der Waals surface area contributed by atoms with Gasteiger partial charge in [-0.1, -0.05) is 61.3 Å². The van der Waals surface area contributed by atoms with Crippen molar-refractivity contribution in [1.29, 1.82) is 0 Å². The van der Waals surface area contributed by atoms with Crippen LogP contribution in [0.1, 0.15) is 42.2 Å². The zero-order chi connectivity index (χ0) is 15.4. The molecule has 1 nitrogen and oxygen atoms in total. The van der Waals surface area contributed by atoms with Crippen LogP contribution in [0.15, 0.2) is 36.4 Å². The van der Waals surface area contributed by atoms with Gasteiger partial charge in [-0.05, 0) is 47.2 Å². The molecule has 0 aliphatic carbocycles. The number of benzene rings is 2. The molecule has 2 rings (SSSR count). The van der Waals surface area contributed by atoms with Crippen LogP contribution in [0.3, 0.4) is 0 Å². The number of aryl methyl sites for hydroxylation is 2. The number of aliphatic hydroxyl groups excluding tert-OH is 1. The van der Waals surface area contributed by atoms with Crippen molar-refractivity contribution in [2.75, 3.05) is 0 Å². The second-order valence-electron chi connectivity index (χ2n) is 5.21. The van der Waals surface area contributed by atoms with E-state index in [0.29, 0.717) is 11.4 Å². The lowest BCUT2D eigenvalue weighted by Gasteiger charge is -2.14. The van der Waals surface area contributed by atoms with E-state index >= 15 is 0 Å². The molecular formula is C18H20Cl2O. The first kappa shape index (κ1) is 16.4. The Morgan fingerprint density at radius 3 is 2.14 bits per heavy atom. The summed E-state index contributed by atoms with van der Waals surface area (Å²) in [7, 11) is 0. The highest BCUT2D eigenvalue weighted by molar-refractivity contribution is 6.31. The van der Waals surface area contributed by atoms with Gasteiger partial charge in [0, 0.05) is 16.5 Å². The van der Waals surface area contributed by atoms with Crippen LogP contribution in [-0.2, 0) is 19.3 Å². The molecule has 2 aromatic rings. The molecule has 112 valence electrons. The molecule has 0 saturated carbocycles. The quantitative estimate of drug-likeness (QED) is 0.782. The van der Waals surface area contributed by atoms with Crippen LogP contribution in [0, 0.1) is 0 Å². The van der Waals surface area contributed by atoms with Crippen molar-refractivity contribution in [2.24, 2.45) is 0 Å². The molecule has 0 spiro atoms. The smallest absolute Gasteiger partial charge is 0.0844 e. The van der Waals surface area contributed by atoms with Crippen LogP contribution >= 0.6 is 23.2 Å². The summed E-state index contributed by atoms with van der Waals surface area (Å²) in [5.41, 5.74) is 4.08. The second-order valence-corrected chi connectivity index (χ2v) is 6.02. The van der Waals surface area contributed by atoms with Gasteiger partial charge in [0.25, 0.3) is 0 Å². The van der Waals surface area contributed by atoms with Crippen molar-refractivity contribution in [3.05, 3.63) is 68.7 Å². The standard InChI is InChI=1S/C18H20Cl2O/c1-3-12-6-8-15(17(20)9-12)18(21)11-13-5-7-14(4-2)16(19)10-13/h5-10,18,21H,3-4,11H2,1-2H3. The van der Waals surface area contributed by atoms with Crippen molar-refractivity contribution < 1.29 is 5.11 Å². The Morgan fingerprint density at radius 2 is 1.57 bits per heavy atom. The fraction of sp³-hybridized carbons (Fsp3) is 0.333. The van der Waals surface area contributed by atoms with Crippen molar-refractivity contribution >= 4 is 23.2 Å². The van der Waals surface area contributed by atoms with Gasteiger partial charge in [0.1, 0.15) is 0 Å². The van der Waals surface area contributed by atoms with Crippen LogP contribution in [0.2, 0.25) is 10.0 Å². The Morgan fingerprint density at radius 1 is 0.905 bits per heavy atom. The van der Waals surface area contributed by atoms with Gasteiger partial charge in [-0.2, -0.15) is 0 Å². The van der Waals surface area contributed by atoms with Crippen LogP contribution in [0.25, 0.3) is 0 Å². The van der Waals surface area contributed by atoms with E-state index in [-0.39, 0.29) is 0 Å². The Labute approximate surface area is 136 Å². The maximum atomic E-state index is 10.4. The minimum atomic E-state index is -0.619. The molecule has 1 N–H and O–H groups in total. The van der Waals surface area contributed by atoms with E-state index in [4.69, 9.17) is 23.2 Å². The highest BCUT2D eigenvalue weighted by Crippen LogP contribution is 2.28. The van der Waals surface area contributed by atoms with Crippen molar-refractivity contribution in [2.45, 2.75) is 39.2 Å². The molecule has 0 aliphatic heterocycles. The Hall–Kier alpha value is -1.02. The summed E-state index contributed by atoms with van der Waals surface area (Å²) in [6, 6.07) is 11.8. The van der Waals surface area contributed by atoms with Gasteiger partial charge in [0.15, 0.2) is 0 Å². The maximum Gasteiger partial charge on any atom is 0.0844 e. The first-order valence-electron chi connectivity index (χ1n) is 7.28. The fourth-order valence-corrected chi connectivity index (χ4v) is 3.06. The number of rotatable bonds is 5. The van der Waals surface area contributed by atoms with Gasteiger partial charge in [0.05, 0.1) is 6.10 Å². The average molecular weight is 323 g/mol. The SMILES string of the molecule is CCc1ccc(C(O)Cc2ccc(CC)c(Cl)c2)c(Cl)c1. The molecule has 0 amide bonds. The van der Waals surface area contributed by atoms with E-state index in [1.54, 1.807) is 0 Å². The third-order valence-corrected chi connectivity index (χ3v) is 4.44. The minimum absolute atomic E-state index is 0.509. The summed E-state index contributed by atoms with van der Waals surface area (Å²) in [5, 5.41) is 11.8. The summed E-state index contributed by atoms with van der Waals surface area (Å²) in [5.74, 6) is 0. The third-order valence-electron chi connectivity index (χ3n) is 3.76. The molecule has 0 radical (unpaired) electrons. The van der Waals surface area contributed by atoms with Crippen molar-refractivity contribution in [1.82, 2.24) is 0 Å². The molecule has 0 aliphatic rings. The Kier molecular flexibility index (Phi) is 5.69. The van der Waals surface area contributed by atoms with Crippen LogP contribution in [0.4, 0.5) is 0 Å². The van der Waals surface area contributed by atoms with Crippen molar-refractivity contribution in [3.8, 4) is 0 Å². The van der Waals surface area contributed by atoms with Gasteiger partial charge in [-0.3, -0.25) is 0 Å². The summed E-state index contributed by atoms with van der Waals surface area (Å²) in [4.78, 5) is 0. The van der Waals surface area contributed by atoms with E-state index < -0.39 is 6.10 Å². The topological polar surface area (TPSA) is 20.2 Å². The highest BCUT2D eigenvalue weighted by Gasteiger charge is 2.13. The van der Waals surface area contributed by atoms with E-state index in [0.717, 1.165) is 34.6 Å². The van der Waals surface area contributed by atoms with Crippen LogP contribution in [-0.4, -0.2) is 5.11 Å². The average Bonchev–Trinajstić information content (AvgIpc) is 2.47. The maximum absolute atomic E-state index is 10.4. The van der Waals surface area contributed by atoms with Gasteiger partial charge >= 0.3 is 0 Å². The number of aliphatic hydroxyl groups is 1. The lowest BCUT2D eigenvalue weighted by atomic mass is 9.98. The van der Waals surface area contributed by atoms with Gasteiger partial charge in [0.2, 0.25) is 0 Å². The number of hydrogen-bond acceptors (Lipinski definition) is 1. The molecule has 1 unspecified atom stereocenters. The Bertz CT molecular complexity index is 623. The summed E-state index contributed by atoms with van der Waals surface area (Å²) >= 11 is 12.5. The number of hydrogen-bond donors (Lipinski definition) is 1. The lowest BCUT2D eigenvalue weighted by Crippen LogP contribution is -2.03. The highest BCUT2D eigenvalue weighted by atomic mass is 35.5. The molecular weight excluding hydrogens is 303 g/mol. The molecule has 0 fully saturated rings. The summed E-state index contributed by atoms with van der Waals surface area (Å²) in [6.45, 7) is 4.16. The first-order chi connectivity index (χ1) is 10.0. The molecule has 1 atom stereocenters. The normalized spacial score (nSPS) is 12.4. The molecule has 0 heterocycles. The van der Waals surface area contributed by atoms with Gasteiger partial charge in [-0.25, -0.2) is 0 Å². The summed E-state index contributed by atoms with van der Waals surface area (Å²) < 4.78 is 0. The molecule has 21 heavy (non-hydrogen) atoms. The summed E-state index contributed by atoms with van der Waals surface area (Å²) in [6.07, 6.45) is 1.73. The predicted molar refractivity (Wildman–Crippen MR) is 90.3 cm³/mol. The van der Waals surface area contributed by atoms with E-state index in [2.05, 4.69) is 13.8 Å². The second kappa shape index (κ2) is 7.31. The Balaban J connectivity index is 2.17. The van der Waals surface area contributed by atoms with Gasteiger partial charge in [-0.15, -0.1) is 0 Å². The van der Waals surface area contributed by atoms with E-state index in [1.807, 2.05) is 36.4 Å². The third kappa shape index (κ3) is 4.00. The number of halogens is 2. The fourth-order valence-electron chi connectivity index (χ4n) is 2.40. The molecule has 0 aromatic heterocycles. The van der Waals surface area contributed by atoms with Gasteiger partial charge < -0.3 is 5.11 Å². The monoisotopic (exact) mass is 322 g/mol.